The maximum atomic E-state index is 12.4. The van der Waals surface area contributed by atoms with E-state index in [1.807, 2.05) is 50.5 Å². The summed E-state index contributed by atoms with van der Waals surface area (Å²) in [6.45, 7) is 4.75. The van der Waals surface area contributed by atoms with E-state index in [9.17, 15) is 4.79 Å². The van der Waals surface area contributed by atoms with Crippen molar-refractivity contribution in [3.05, 3.63) is 76.7 Å². The van der Waals surface area contributed by atoms with Gasteiger partial charge in [0.25, 0.3) is 5.56 Å². The maximum absolute atomic E-state index is 12.4. The van der Waals surface area contributed by atoms with Gasteiger partial charge in [-0.3, -0.25) is 24.5 Å². The lowest BCUT2D eigenvalue weighted by atomic mass is 9.97. The molecule has 0 saturated heterocycles. The van der Waals surface area contributed by atoms with Gasteiger partial charge in [0.15, 0.2) is 0 Å². The summed E-state index contributed by atoms with van der Waals surface area (Å²) in [5, 5.41) is 7.76. The second kappa shape index (κ2) is 7.88. The molecule has 8 heteroatoms. The van der Waals surface area contributed by atoms with Crippen molar-refractivity contribution in [1.29, 1.82) is 0 Å². The van der Waals surface area contributed by atoms with Gasteiger partial charge in [0.1, 0.15) is 12.1 Å². The standard InChI is InChI=1S/C24H23N7O/c1-14(10-26-21-9-19(28-13-29-21)16-8-7-15(2)25-11-16)17-5-4-6-18-22-20(12-27-23(17)18)31(3)30-24(22)32/h4-9,11-14H,10H2,1-3H3,(H,30,32)(H,26,28,29)/t14-/m1/s1. The van der Waals surface area contributed by atoms with Gasteiger partial charge in [-0.2, -0.15) is 0 Å². The van der Waals surface area contributed by atoms with Crippen LogP contribution in [-0.4, -0.2) is 36.3 Å². The van der Waals surface area contributed by atoms with Crippen LogP contribution in [0.1, 0.15) is 24.1 Å². The SMILES string of the molecule is Cc1ccc(-c2cc(NC[C@@H](C)c3cccc4c3ncc3c4c(=O)[nH]n3C)ncn2)cn1. The zero-order valence-corrected chi connectivity index (χ0v) is 18.1. The normalized spacial score (nSPS) is 12.3. The van der Waals surface area contributed by atoms with Gasteiger partial charge in [-0.05, 0) is 24.6 Å². The van der Waals surface area contributed by atoms with Crippen LogP contribution in [-0.2, 0) is 7.05 Å². The van der Waals surface area contributed by atoms with Crippen molar-refractivity contribution in [2.75, 3.05) is 11.9 Å². The van der Waals surface area contributed by atoms with Gasteiger partial charge >= 0.3 is 0 Å². The number of hydrogen-bond acceptors (Lipinski definition) is 6. The van der Waals surface area contributed by atoms with Crippen LogP contribution < -0.4 is 10.9 Å². The molecular weight excluding hydrogens is 402 g/mol. The van der Waals surface area contributed by atoms with E-state index >= 15 is 0 Å². The first kappa shape index (κ1) is 19.9. The Morgan fingerprint density at radius 2 is 1.97 bits per heavy atom. The first-order valence-electron chi connectivity index (χ1n) is 10.5. The summed E-state index contributed by atoms with van der Waals surface area (Å²) in [4.78, 5) is 30.2. The average Bonchev–Trinajstić information content (AvgIpc) is 3.11. The van der Waals surface area contributed by atoms with Crippen LogP contribution in [0.4, 0.5) is 5.82 Å². The Morgan fingerprint density at radius 3 is 2.78 bits per heavy atom. The van der Waals surface area contributed by atoms with E-state index in [2.05, 4.69) is 43.3 Å². The smallest absolute Gasteiger partial charge is 0.272 e. The van der Waals surface area contributed by atoms with E-state index in [1.54, 1.807) is 17.2 Å². The predicted octanol–water partition coefficient (Wildman–Crippen LogP) is 3.79. The number of H-pyrrole nitrogens is 1. The third-order valence-corrected chi connectivity index (χ3v) is 5.76. The molecule has 1 aromatic carbocycles. The quantitative estimate of drug-likeness (QED) is 0.444. The number of para-hydroxylation sites is 1. The highest BCUT2D eigenvalue weighted by molar-refractivity contribution is 6.04. The molecule has 0 amide bonds. The van der Waals surface area contributed by atoms with E-state index in [1.165, 1.54) is 0 Å². The van der Waals surface area contributed by atoms with Crippen LogP contribution in [0.3, 0.4) is 0 Å². The maximum Gasteiger partial charge on any atom is 0.272 e. The minimum absolute atomic E-state index is 0.100. The number of nitrogens with zero attached hydrogens (tertiary/aromatic N) is 5. The molecule has 2 N–H and O–H groups in total. The van der Waals surface area contributed by atoms with E-state index in [0.29, 0.717) is 11.9 Å². The van der Waals surface area contributed by atoms with E-state index < -0.39 is 0 Å². The molecule has 0 aliphatic carbocycles. The number of aromatic amines is 1. The van der Waals surface area contributed by atoms with Gasteiger partial charge in [-0.25, -0.2) is 9.97 Å². The third kappa shape index (κ3) is 3.49. The Kier molecular flexibility index (Phi) is 4.89. The first-order chi connectivity index (χ1) is 15.5. The van der Waals surface area contributed by atoms with Crippen LogP contribution in [0, 0.1) is 6.92 Å². The number of benzene rings is 1. The summed E-state index contributed by atoms with van der Waals surface area (Å²) in [5.74, 6) is 0.892. The molecule has 4 aromatic heterocycles. The highest BCUT2D eigenvalue weighted by Crippen LogP contribution is 2.28. The summed E-state index contributed by atoms with van der Waals surface area (Å²) in [6.07, 6.45) is 5.13. The monoisotopic (exact) mass is 425 g/mol. The Hall–Kier alpha value is -4.07. The predicted molar refractivity (Wildman–Crippen MR) is 126 cm³/mol. The molecule has 5 aromatic rings. The van der Waals surface area contributed by atoms with E-state index in [4.69, 9.17) is 0 Å². The minimum atomic E-state index is -0.100. The zero-order valence-electron chi connectivity index (χ0n) is 18.1. The van der Waals surface area contributed by atoms with Crippen molar-refractivity contribution in [2.24, 2.45) is 7.05 Å². The molecular formula is C24H23N7O. The van der Waals surface area contributed by atoms with Crippen molar-refractivity contribution in [2.45, 2.75) is 19.8 Å². The van der Waals surface area contributed by atoms with Crippen molar-refractivity contribution in [3.63, 3.8) is 0 Å². The molecule has 0 aliphatic rings. The summed E-state index contributed by atoms with van der Waals surface area (Å²) in [7, 11) is 1.82. The molecule has 5 rings (SSSR count). The molecule has 0 radical (unpaired) electrons. The van der Waals surface area contributed by atoms with Crippen molar-refractivity contribution in [1.82, 2.24) is 29.7 Å². The number of pyridine rings is 2. The number of rotatable bonds is 5. The van der Waals surface area contributed by atoms with Crippen LogP contribution in [0.5, 0.6) is 0 Å². The first-order valence-corrected chi connectivity index (χ1v) is 10.5. The largest absolute Gasteiger partial charge is 0.369 e. The fraction of sp³-hybridized carbons (Fsp3) is 0.208. The molecule has 0 aliphatic heterocycles. The number of aromatic nitrogens is 6. The number of nitrogens with one attached hydrogen (secondary N) is 2. The van der Waals surface area contributed by atoms with Crippen molar-refractivity contribution in [3.8, 4) is 11.3 Å². The minimum Gasteiger partial charge on any atom is -0.369 e. The molecule has 0 bridgehead atoms. The molecule has 0 saturated carbocycles. The topological polar surface area (TPSA) is 101 Å². The van der Waals surface area contributed by atoms with Crippen LogP contribution in [0.15, 0.2) is 59.9 Å². The molecule has 8 nitrogen and oxygen atoms in total. The van der Waals surface area contributed by atoms with Gasteiger partial charge < -0.3 is 5.32 Å². The van der Waals surface area contributed by atoms with Gasteiger partial charge in [0.05, 0.1) is 28.3 Å². The van der Waals surface area contributed by atoms with Gasteiger partial charge in [-0.1, -0.05) is 25.1 Å². The molecule has 0 unspecified atom stereocenters. The van der Waals surface area contributed by atoms with Crippen LogP contribution in [0.25, 0.3) is 33.1 Å². The molecule has 0 spiro atoms. The number of hydrogen-bond donors (Lipinski definition) is 2. The molecule has 160 valence electrons. The summed E-state index contributed by atoms with van der Waals surface area (Å²) < 4.78 is 1.71. The highest BCUT2D eigenvalue weighted by Gasteiger charge is 2.15. The fourth-order valence-corrected chi connectivity index (χ4v) is 3.99. The Morgan fingerprint density at radius 1 is 1.09 bits per heavy atom. The number of anilines is 1. The second-order valence-corrected chi connectivity index (χ2v) is 8.02. The summed E-state index contributed by atoms with van der Waals surface area (Å²) >= 11 is 0. The fourth-order valence-electron chi connectivity index (χ4n) is 3.99. The van der Waals surface area contributed by atoms with Crippen LogP contribution in [0.2, 0.25) is 0 Å². The van der Waals surface area contributed by atoms with Crippen molar-refractivity contribution >= 4 is 27.6 Å². The Balaban J connectivity index is 1.42. The summed E-state index contributed by atoms with van der Waals surface area (Å²) in [6, 6.07) is 11.9. The molecule has 0 fully saturated rings. The van der Waals surface area contributed by atoms with Gasteiger partial charge in [-0.15, -0.1) is 0 Å². The lowest BCUT2D eigenvalue weighted by molar-refractivity contribution is 0.782. The third-order valence-electron chi connectivity index (χ3n) is 5.76. The number of fused-ring (bicyclic) bond motifs is 3. The molecule has 4 heterocycles. The number of aryl methyl sites for hydroxylation is 2. The van der Waals surface area contributed by atoms with Crippen molar-refractivity contribution < 1.29 is 0 Å². The summed E-state index contributed by atoms with van der Waals surface area (Å²) in [5.41, 5.74) is 5.36. The Bertz CT molecular complexity index is 1480. The second-order valence-electron chi connectivity index (χ2n) is 8.02. The zero-order chi connectivity index (χ0) is 22.2. The van der Waals surface area contributed by atoms with Gasteiger partial charge in [0.2, 0.25) is 0 Å². The lowest BCUT2D eigenvalue weighted by Crippen LogP contribution is -2.12. The highest BCUT2D eigenvalue weighted by atomic mass is 16.1. The van der Waals surface area contributed by atoms with Crippen LogP contribution >= 0.6 is 0 Å². The molecule has 32 heavy (non-hydrogen) atoms. The van der Waals surface area contributed by atoms with E-state index in [-0.39, 0.29) is 11.5 Å². The Labute approximate surface area is 184 Å². The average molecular weight is 425 g/mol. The van der Waals surface area contributed by atoms with Gasteiger partial charge in [0, 0.05) is 48.4 Å². The molecule has 1 atom stereocenters. The van der Waals surface area contributed by atoms with E-state index in [0.717, 1.165) is 44.8 Å². The lowest BCUT2D eigenvalue weighted by Gasteiger charge is -2.16.